The van der Waals surface area contributed by atoms with Gasteiger partial charge in [-0.1, -0.05) is 30.0 Å². The molecule has 0 aromatic heterocycles. The van der Waals surface area contributed by atoms with E-state index in [9.17, 15) is 4.39 Å². The molecule has 4 heteroatoms. The van der Waals surface area contributed by atoms with Crippen molar-refractivity contribution >= 4 is 27.7 Å². The summed E-state index contributed by atoms with van der Waals surface area (Å²) in [6.07, 6.45) is 0. The van der Waals surface area contributed by atoms with Gasteiger partial charge >= 0.3 is 0 Å². The summed E-state index contributed by atoms with van der Waals surface area (Å²) in [4.78, 5) is 1.90. The average molecular weight is 326 g/mol. The molecular formula is C14H13BrFNS. The zero-order valence-electron chi connectivity index (χ0n) is 9.86. The molecule has 0 bridgehead atoms. The Balaban J connectivity index is 2.41. The third-order valence-electron chi connectivity index (χ3n) is 2.52. The zero-order chi connectivity index (χ0) is 13.1. The summed E-state index contributed by atoms with van der Waals surface area (Å²) >= 11 is 5.00. The van der Waals surface area contributed by atoms with Gasteiger partial charge in [0, 0.05) is 25.9 Å². The molecule has 0 aliphatic carbocycles. The van der Waals surface area contributed by atoms with Crippen LogP contribution in [0.15, 0.2) is 56.7 Å². The average Bonchev–Trinajstić information content (AvgIpc) is 2.31. The molecule has 0 heterocycles. The van der Waals surface area contributed by atoms with Gasteiger partial charge in [-0.25, -0.2) is 4.39 Å². The van der Waals surface area contributed by atoms with Gasteiger partial charge in [-0.3, -0.25) is 0 Å². The van der Waals surface area contributed by atoms with Crippen LogP contribution in [0.1, 0.15) is 18.5 Å². The molecule has 2 rings (SSSR count). The van der Waals surface area contributed by atoms with E-state index in [2.05, 4.69) is 15.9 Å². The van der Waals surface area contributed by atoms with Gasteiger partial charge in [0.25, 0.3) is 0 Å². The fourth-order valence-corrected chi connectivity index (χ4v) is 3.31. The van der Waals surface area contributed by atoms with Crippen molar-refractivity contribution in [3.8, 4) is 0 Å². The van der Waals surface area contributed by atoms with Crippen LogP contribution < -0.4 is 5.73 Å². The molecule has 94 valence electrons. The Labute approximate surface area is 119 Å². The van der Waals surface area contributed by atoms with Crippen LogP contribution in [0, 0.1) is 5.82 Å². The molecule has 0 unspecified atom stereocenters. The Kier molecular flexibility index (Phi) is 4.43. The van der Waals surface area contributed by atoms with Crippen molar-refractivity contribution in [2.75, 3.05) is 0 Å². The molecule has 2 N–H and O–H groups in total. The minimum atomic E-state index is -0.323. The van der Waals surface area contributed by atoms with Crippen molar-refractivity contribution in [2.45, 2.75) is 22.8 Å². The second-order valence-corrected chi connectivity index (χ2v) is 5.91. The summed E-state index contributed by atoms with van der Waals surface area (Å²) < 4.78 is 14.8. The van der Waals surface area contributed by atoms with Crippen LogP contribution in [0.3, 0.4) is 0 Å². The van der Waals surface area contributed by atoms with E-state index in [-0.39, 0.29) is 11.9 Å². The van der Waals surface area contributed by atoms with Crippen molar-refractivity contribution in [1.82, 2.24) is 0 Å². The quantitative estimate of drug-likeness (QED) is 0.880. The highest BCUT2D eigenvalue weighted by molar-refractivity contribution is 9.10. The molecule has 0 radical (unpaired) electrons. The highest BCUT2D eigenvalue weighted by Crippen LogP contribution is 2.37. The number of rotatable bonds is 3. The van der Waals surface area contributed by atoms with Gasteiger partial charge in [0.2, 0.25) is 0 Å². The van der Waals surface area contributed by atoms with Gasteiger partial charge in [0.15, 0.2) is 0 Å². The lowest BCUT2D eigenvalue weighted by Crippen LogP contribution is -2.08. The van der Waals surface area contributed by atoms with Crippen molar-refractivity contribution in [3.05, 3.63) is 58.3 Å². The van der Waals surface area contributed by atoms with Crippen LogP contribution in [0.25, 0.3) is 0 Å². The van der Waals surface area contributed by atoms with E-state index in [0.29, 0.717) is 5.56 Å². The van der Waals surface area contributed by atoms with Crippen LogP contribution in [0.4, 0.5) is 4.39 Å². The number of halogens is 2. The van der Waals surface area contributed by atoms with Crippen LogP contribution in [-0.4, -0.2) is 0 Å². The minimum absolute atomic E-state index is 0.248. The maximum absolute atomic E-state index is 13.8. The Bertz CT molecular complexity index is 557. The molecule has 0 saturated heterocycles. The SMILES string of the molecule is C[C@H](N)c1c(F)cccc1Sc1ccccc1Br. The standard InChI is InChI=1S/C14H13BrFNS/c1-9(17)14-11(16)6-4-8-13(14)18-12-7-3-2-5-10(12)15/h2-9H,17H2,1H3/t9-/m0/s1. The van der Waals surface area contributed by atoms with Crippen molar-refractivity contribution < 1.29 is 4.39 Å². The monoisotopic (exact) mass is 325 g/mol. The van der Waals surface area contributed by atoms with Crippen molar-refractivity contribution in [2.24, 2.45) is 5.73 Å². The van der Waals surface area contributed by atoms with E-state index in [1.807, 2.05) is 30.3 Å². The normalized spacial score (nSPS) is 12.4. The van der Waals surface area contributed by atoms with Crippen LogP contribution in [0.5, 0.6) is 0 Å². The molecule has 18 heavy (non-hydrogen) atoms. The number of hydrogen-bond donors (Lipinski definition) is 1. The van der Waals surface area contributed by atoms with Gasteiger partial charge in [-0.2, -0.15) is 0 Å². The summed E-state index contributed by atoms with van der Waals surface area (Å²) in [5, 5.41) is 0. The summed E-state index contributed by atoms with van der Waals surface area (Å²) in [7, 11) is 0. The first-order valence-corrected chi connectivity index (χ1v) is 7.17. The summed E-state index contributed by atoms with van der Waals surface area (Å²) in [6.45, 7) is 1.79. The second-order valence-electron chi connectivity index (χ2n) is 3.97. The van der Waals surface area contributed by atoms with Gasteiger partial charge < -0.3 is 5.73 Å². The van der Waals surface area contributed by atoms with E-state index < -0.39 is 0 Å². The topological polar surface area (TPSA) is 26.0 Å². The number of hydrogen-bond acceptors (Lipinski definition) is 2. The Morgan fingerprint density at radius 1 is 1.11 bits per heavy atom. The van der Waals surface area contributed by atoms with Gasteiger partial charge in [0.05, 0.1) is 0 Å². The largest absolute Gasteiger partial charge is 0.324 e. The lowest BCUT2D eigenvalue weighted by atomic mass is 10.1. The molecule has 0 spiro atoms. The van der Waals surface area contributed by atoms with Crippen molar-refractivity contribution in [3.63, 3.8) is 0 Å². The summed E-state index contributed by atoms with van der Waals surface area (Å²) in [6, 6.07) is 12.6. The van der Waals surface area contributed by atoms with Crippen LogP contribution in [-0.2, 0) is 0 Å². The Morgan fingerprint density at radius 3 is 2.44 bits per heavy atom. The molecule has 0 aliphatic heterocycles. The molecule has 2 aromatic rings. The van der Waals surface area contributed by atoms with E-state index in [0.717, 1.165) is 14.3 Å². The molecular weight excluding hydrogens is 313 g/mol. The molecule has 0 fully saturated rings. The fourth-order valence-electron chi connectivity index (χ4n) is 1.69. The summed E-state index contributed by atoms with van der Waals surface area (Å²) in [5.41, 5.74) is 6.41. The predicted molar refractivity (Wildman–Crippen MR) is 77.3 cm³/mol. The smallest absolute Gasteiger partial charge is 0.129 e. The van der Waals surface area contributed by atoms with Gasteiger partial charge in [-0.05, 0) is 47.1 Å². The minimum Gasteiger partial charge on any atom is -0.324 e. The fraction of sp³-hybridized carbons (Fsp3) is 0.143. The first-order chi connectivity index (χ1) is 8.59. The van der Waals surface area contributed by atoms with E-state index in [1.54, 1.807) is 13.0 Å². The van der Waals surface area contributed by atoms with Gasteiger partial charge in [-0.15, -0.1) is 0 Å². The first kappa shape index (κ1) is 13.6. The molecule has 1 nitrogen and oxygen atoms in total. The van der Waals surface area contributed by atoms with Crippen molar-refractivity contribution in [1.29, 1.82) is 0 Å². The Morgan fingerprint density at radius 2 is 1.78 bits per heavy atom. The maximum atomic E-state index is 13.8. The predicted octanol–water partition coefficient (Wildman–Crippen LogP) is 4.76. The van der Waals surface area contributed by atoms with Crippen LogP contribution in [0.2, 0.25) is 0 Å². The van der Waals surface area contributed by atoms with E-state index in [4.69, 9.17) is 5.73 Å². The number of nitrogens with two attached hydrogens (primary N) is 1. The lowest BCUT2D eigenvalue weighted by molar-refractivity contribution is 0.585. The summed E-state index contributed by atoms with van der Waals surface area (Å²) in [5.74, 6) is -0.248. The van der Waals surface area contributed by atoms with E-state index >= 15 is 0 Å². The van der Waals surface area contributed by atoms with Crippen LogP contribution >= 0.6 is 27.7 Å². The molecule has 0 aliphatic rings. The molecule has 0 amide bonds. The highest BCUT2D eigenvalue weighted by atomic mass is 79.9. The molecule has 1 atom stereocenters. The third kappa shape index (κ3) is 2.94. The second kappa shape index (κ2) is 5.87. The maximum Gasteiger partial charge on any atom is 0.129 e. The molecule has 0 saturated carbocycles. The third-order valence-corrected chi connectivity index (χ3v) is 4.63. The molecule has 2 aromatic carbocycles. The lowest BCUT2D eigenvalue weighted by Gasteiger charge is -2.13. The Hall–Kier alpha value is -0.840. The highest BCUT2D eigenvalue weighted by Gasteiger charge is 2.14. The first-order valence-electron chi connectivity index (χ1n) is 5.56. The van der Waals surface area contributed by atoms with Gasteiger partial charge in [0.1, 0.15) is 5.82 Å². The van der Waals surface area contributed by atoms with E-state index in [1.165, 1.54) is 17.8 Å². The number of benzene rings is 2. The zero-order valence-corrected chi connectivity index (χ0v) is 12.3.